The summed E-state index contributed by atoms with van der Waals surface area (Å²) in [5.74, 6) is 0.0434. The van der Waals surface area contributed by atoms with Crippen LogP contribution < -0.4 is 11.1 Å². The van der Waals surface area contributed by atoms with Crippen LogP contribution in [0.3, 0.4) is 0 Å². The van der Waals surface area contributed by atoms with Crippen LogP contribution in [0.5, 0.6) is 0 Å². The zero-order valence-electron chi connectivity index (χ0n) is 7.20. The fourth-order valence-electron chi connectivity index (χ4n) is 0.931. The van der Waals surface area contributed by atoms with Crippen molar-refractivity contribution in [3.05, 3.63) is 29.8 Å². The molecular formula is C9H10N2OS. The van der Waals surface area contributed by atoms with Crippen LogP contribution in [0.25, 0.3) is 0 Å². The van der Waals surface area contributed by atoms with Gasteiger partial charge in [-0.15, -0.1) is 0 Å². The summed E-state index contributed by atoms with van der Waals surface area (Å²) >= 11 is 4.66. The van der Waals surface area contributed by atoms with Crippen LogP contribution in [0.15, 0.2) is 24.3 Å². The topological polar surface area (TPSA) is 55.1 Å². The van der Waals surface area contributed by atoms with E-state index in [9.17, 15) is 4.79 Å². The van der Waals surface area contributed by atoms with Crippen molar-refractivity contribution < 1.29 is 4.79 Å². The van der Waals surface area contributed by atoms with E-state index in [4.69, 9.17) is 5.73 Å². The van der Waals surface area contributed by atoms with Gasteiger partial charge in [-0.05, 0) is 43.4 Å². The van der Waals surface area contributed by atoms with Gasteiger partial charge in [0, 0.05) is 11.3 Å². The lowest BCUT2D eigenvalue weighted by molar-refractivity contribution is 0.101. The molecule has 0 fully saturated rings. The van der Waals surface area contributed by atoms with Gasteiger partial charge < -0.3 is 11.1 Å². The number of hydrogen-bond donors (Lipinski definition) is 2. The summed E-state index contributed by atoms with van der Waals surface area (Å²) < 4.78 is 0. The van der Waals surface area contributed by atoms with Crippen molar-refractivity contribution in [1.29, 1.82) is 0 Å². The predicted molar refractivity (Wildman–Crippen MR) is 56.9 cm³/mol. The lowest BCUT2D eigenvalue weighted by Gasteiger charge is -2.03. The Morgan fingerprint density at radius 2 is 1.92 bits per heavy atom. The molecule has 0 heterocycles. The lowest BCUT2D eigenvalue weighted by Crippen LogP contribution is -2.18. The fourth-order valence-corrected chi connectivity index (χ4v) is 1.05. The molecule has 0 aromatic heterocycles. The highest BCUT2D eigenvalue weighted by Crippen LogP contribution is 2.09. The number of Topliss-reactive ketones (excluding diaryl/α,β-unsaturated/α-hetero) is 1. The number of thiocarbonyl (C=S) groups is 1. The Labute approximate surface area is 81.9 Å². The van der Waals surface area contributed by atoms with E-state index in [2.05, 4.69) is 17.5 Å². The van der Waals surface area contributed by atoms with Gasteiger partial charge >= 0.3 is 0 Å². The summed E-state index contributed by atoms with van der Waals surface area (Å²) in [6.07, 6.45) is 0. The Hall–Kier alpha value is -1.42. The molecule has 0 spiro atoms. The second-order valence-electron chi connectivity index (χ2n) is 2.62. The van der Waals surface area contributed by atoms with Gasteiger partial charge in [-0.1, -0.05) is 0 Å². The van der Waals surface area contributed by atoms with Crippen LogP contribution in [0.1, 0.15) is 17.3 Å². The zero-order chi connectivity index (χ0) is 9.84. The van der Waals surface area contributed by atoms with E-state index in [1.165, 1.54) is 6.92 Å². The minimum absolute atomic E-state index is 0.0434. The molecule has 68 valence electrons. The molecule has 3 nitrogen and oxygen atoms in total. The molecule has 1 rings (SSSR count). The molecule has 0 unspecified atom stereocenters. The molecule has 13 heavy (non-hydrogen) atoms. The molecule has 0 radical (unpaired) electrons. The molecule has 0 bridgehead atoms. The third-order valence-electron chi connectivity index (χ3n) is 1.56. The average Bonchev–Trinajstić information content (AvgIpc) is 2.04. The Balaban J connectivity index is 2.81. The quantitative estimate of drug-likeness (QED) is 0.554. The molecular weight excluding hydrogens is 184 g/mol. The zero-order valence-corrected chi connectivity index (χ0v) is 8.02. The van der Waals surface area contributed by atoms with Gasteiger partial charge in [0.25, 0.3) is 0 Å². The number of hydrogen-bond acceptors (Lipinski definition) is 2. The normalized spacial score (nSPS) is 9.31. The van der Waals surface area contributed by atoms with E-state index in [1.54, 1.807) is 24.3 Å². The molecule has 3 N–H and O–H groups in total. The first-order valence-corrected chi connectivity index (χ1v) is 4.18. The second-order valence-corrected chi connectivity index (χ2v) is 3.06. The van der Waals surface area contributed by atoms with Crippen molar-refractivity contribution >= 4 is 28.8 Å². The number of nitrogens with two attached hydrogens (primary N) is 1. The molecule has 0 aliphatic carbocycles. The fraction of sp³-hybridized carbons (Fsp3) is 0.111. The van der Waals surface area contributed by atoms with E-state index in [0.717, 1.165) is 5.69 Å². The van der Waals surface area contributed by atoms with E-state index in [0.29, 0.717) is 5.56 Å². The van der Waals surface area contributed by atoms with E-state index >= 15 is 0 Å². The summed E-state index contributed by atoms with van der Waals surface area (Å²) in [6.45, 7) is 1.52. The molecule has 0 saturated carbocycles. The van der Waals surface area contributed by atoms with Gasteiger partial charge in [-0.3, -0.25) is 4.79 Å². The van der Waals surface area contributed by atoms with Crippen molar-refractivity contribution in [2.24, 2.45) is 5.73 Å². The monoisotopic (exact) mass is 194 g/mol. The number of nitrogens with one attached hydrogen (secondary N) is 1. The van der Waals surface area contributed by atoms with Crippen LogP contribution >= 0.6 is 12.2 Å². The van der Waals surface area contributed by atoms with Gasteiger partial charge in [0.2, 0.25) is 0 Å². The minimum Gasteiger partial charge on any atom is -0.376 e. The van der Waals surface area contributed by atoms with Crippen LogP contribution in [0, 0.1) is 0 Å². The van der Waals surface area contributed by atoms with Crippen molar-refractivity contribution in [3.8, 4) is 0 Å². The Kier molecular flexibility index (Phi) is 2.97. The number of carbonyl (C=O) groups excluding carboxylic acids is 1. The Morgan fingerprint density at radius 1 is 1.38 bits per heavy atom. The van der Waals surface area contributed by atoms with Crippen LogP contribution in [-0.4, -0.2) is 10.9 Å². The first kappa shape index (κ1) is 9.67. The van der Waals surface area contributed by atoms with E-state index in [1.807, 2.05) is 0 Å². The number of anilines is 1. The first-order chi connectivity index (χ1) is 6.09. The van der Waals surface area contributed by atoms with E-state index < -0.39 is 0 Å². The highest BCUT2D eigenvalue weighted by molar-refractivity contribution is 7.80. The molecule has 0 aliphatic heterocycles. The standard InChI is InChI=1S/C9H10N2OS/c1-6(12)7-2-4-8(5-3-7)11-9(10)13/h2-5H,1H3,(H3,10,11,13). The molecule has 0 atom stereocenters. The highest BCUT2D eigenvalue weighted by atomic mass is 32.1. The SMILES string of the molecule is CC(=O)c1ccc(NC(N)=S)cc1. The summed E-state index contributed by atoms with van der Waals surface area (Å²) in [7, 11) is 0. The first-order valence-electron chi connectivity index (χ1n) is 3.77. The van der Waals surface area contributed by atoms with Gasteiger partial charge in [-0.2, -0.15) is 0 Å². The van der Waals surface area contributed by atoms with Gasteiger partial charge in [0.15, 0.2) is 10.9 Å². The van der Waals surface area contributed by atoms with Gasteiger partial charge in [-0.25, -0.2) is 0 Å². The van der Waals surface area contributed by atoms with Gasteiger partial charge in [0.1, 0.15) is 0 Å². The molecule has 0 amide bonds. The molecule has 0 aliphatic rings. The lowest BCUT2D eigenvalue weighted by atomic mass is 10.1. The Bertz CT molecular complexity index is 332. The van der Waals surface area contributed by atoms with Crippen molar-refractivity contribution in [2.45, 2.75) is 6.92 Å². The maximum absolute atomic E-state index is 10.9. The summed E-state index contributed by atoms with van der Waals surface area (Å²) in [5, 5.41) is 2.99. The smallest absolute Gasteiger partial charge is 0.168 e. The van der Waals surface area contributed by atoms with Crippen molar-refractivity contribution in [1.82, 2.24) is 0 Å². The van der Waals surface area contributed by atoms with Gasteiger partial charge in [0.05, 0.1) is 0 Å². The van der Waals surface area contributed by atoms with Crippen LogP contribution in [0.4, 0.5) is 5.69 Å². The van der Waals surface area contributed by atoms with Crippen LogP contribution in [-0.2, 0) is 0 Å². The number of benzene rings is 1. The molecule has 4 heteroatoms. The van der Waals surface area contributed by atoms with Crippen molar-refractivity contribution in [2.75, 3.05) is 5.32 Å². The predicted octanol–water partition coefficient (Wildman–Crippen LogP) is 1.54. The second kappa shape index (κ2) is 4.00. The van der Waals surface area contributed by atoms with E-state index in [-0.39, 0.29) is 10.9 Å². The summed E-state index contributed by atoms with van der Waals surface area (Å²) in [4.78, 5) is 10.9. The minimum atomic E-state index is 0.0434. The number of ketones is 1. The molecule has 0 saturated heterocycles. The highest BCUT2D eigenvalue weighted by Gasteiger charge is 1.98. The third-order valence-corrected chi connectivity index (χ3v) is 1.66. The average molecular weight is 194 g/mol. The third kappa shape index (κ3) is 2.83. The largest absolute Gasteiger partial charge is 0.376 e. The Morgan fingerprint density at radius 3 is 2.31 bits per heavy atom. The summed E-state index contributed by atoms with van der Waals surface area (Å²) in [5.41, 5.74) is 6.74. The van der Waals surface area contributed by atoms with Crippen molar-refractivity contribution in [3.63, 3.8) is 0 Å². The number of carbonyl (C=O) groups is 1. The molecule has 1 aromatic rings. The van der Waals surface area contributed by atoms with Crippen LogP contribution in [0.2, 0.25) is 0 Å². The maximum atomic E-state index is 10.9. The molecule has 1 aromatic carbocycles. The number of rotatable bonds is 2. The maximum Gasteiger partial charge on any atom is 0.168 e. The summed E-state index contributed by atoms with van der Waals surface area (Å²) in [6, 6.07) is 6.97.